The Morgan fingerprint density at radius 1 is 0.706 bits per heavy atom. The quantitative estimate of drug-likeness (QED) is 0.102. The van der Waals surface area contributed by atoms with E-state index in [0.29, 0.717) is 26.4 Å². The lowest BCUT2D eigenvalue weighted by Gasteiger charge is -2.13. The summed E-state index contributed by atoms with van der Waals surface area (Å²) in [6.45, 7) is 2.78. The van der Waals surface area contributed by atoms with E-state index in [1.54, 1.807) is 0 Å². The smallest absolute Gasteiger partial charge is 0.326 e. The summed E-state index contributed by atoms with van der Waals surface area (Å²) in [7, 11) is 0. The van der Waals surface area contributed by atoms with Gasteiger partial charge in [0, 0.05) is 6.61 Å². The van der Waals surface area contributed by atoms with Crippen LogP contribution in [0.2, 0.25) is 0 Å². The number of amides is 2. The first kappa shape index (κ1) is 32.6. The molecule has 0 aromatic heterocycles. The number of aliphatic carboxylic acids is 1. The highest BCUT2D eigenvalue weighted by molar-refractivity contribution is 7.80. The van der Waals surface area contributed by atoms with Crippen LogP contribution in [0.25, 0.3) is 0 Å². The van der Waals surface area contributed by atoms with E-state index in [4.69, 9.17) is 29.8 Å². The highest BCUT2D eigenvalue weighted by Crippen LogP contribution is 2.10. The Morgan fingerprint density at radius 2 is 1.15 bits per heavy atom. The minimum atomic E-state index is -1.36. The van der Waals surface area contributed by atoms with Crippen molar-refractivity contribution >= 4 is 30.4 Å². The second-order valence-corrected chi connectivity index (χ2v) is 8.37. The third kappa shape index (κ3) is 23.7. The minimum Gasteiger partial charge on any atom is -0.480 e. The first-order chi connectivity index (χ1) is 16.5. The number of carbonyl (C=O) groups excluding carboxylic acids is 2. The number of nitrogens with one attached hydrogen (secondary N) is 1. The average molecular weight is 509 g/mol. The number of hydrogen-bond acceptors (Lipinski definition) is 8. The number of ether oxygens (including phenoxy) is 4. The van der Waals surface area contributed by atoms with E-state index in [1.807, 2.05) is 0 Å². The number of nitrogens with two attached hydrogens (primary N) is 1. The van der Waals surface area contributed by atoms with E-state index >= 15 is 0 Å². The van der Waals surface area contributed by atoms with Crippen LogP contribution < -0.4 is 11.1 Å². The molecule has 0 bridgehead atoms. The molecule has 4 N–H and O–H groups in total. The van der Waals surface area contributed by atoms with Crippen LogP contribution in [-0.4, -0.2) is 87.5 Å². The third-order valence-corrected chi connectivity index (χ3v) is 5.15. The Bertz CT molecular complexity index is 525. The van der Waals surface area contributed by atoms with Crippen molar-refractivity contribution in [2.45, 2.75) is 70.3 Å². The van der Waals surface area contributed by atoms with Crippen molar-refractivity contribution in [2.75, 3.05) is 58.6 Å². The molecule has 0 aromatic rings. The zero-order valence-corrected chi connectivity index (χ0v) is 21.2. The Labute approximate surface area is 209 Å². The molecule has 0 aliphatic heterocycles. The Balaban J connectivity index is 3.30. The molecule has 0 spiro atoms. The molecule has 0 radical (unpaired) electrons. The van der Waals surface area contributed by atoms with Crippen molar-refractivity contribution in [3.05, 3.63) is 0 Å². The van der Waals surface area contributed by atoms with Gasteiger partial charge in [-0.2, -0.15) is 12.6 Å². The largest absolute Gasteiger partial charge is 0.480 e. The number of thiol groups is 1. The monoisotopic (exact) mass is 508 g/mol. The molecule has 0 aromatic carbocycles. The van der Waals surface area contributed by atoms with Gasteiger partial charge in [-0.05, 0) is 18.6 Å². The van der Waals surface area contributed by atoms with Gasteiger partial charge in [0.25, 0.3) is 0 Å². The molecule has 11 heteroatoms. The summed E-state index contributed by atoms with van der Waals surface area (Å²) < 4.78 is 21.4. The maximum absolute atomic E-state index is 11.6. The number of hydrogen-bond donors (Lipinski definition) is 4. The van der Waals surface area contributed by atoms with Crippen LogP contribution >= 0.6 is 12.6 Å². The van der Waals surface area contributed by atoms with E-state index < -0.39 is 30.2 Å². The molecule has 200 valence electrons. The fraction of sp³-hybridized carbons (Fsp3) is 0.870. The van der Waals surface area contributed by atoms with Gasteiger partial charge in [0.1, 0.15) is 12.6 Å². The Morgan fingerprint density at radius 3 is 1.62 bits per heavy atom. The molecule has 34 heavy (non-hydrogen) atoms. The molecule has 0 heterocycles. The van der Waals surface area contributed by atoms with Gasteiger partial charge < -0.3 is 35.1 Å². The topological polar surface area (TPSA) is 146 Å². The van der Waals surface area contributed by atoms with Crippen molar-refractivity contribution in [3.63, 3.8) is 0 Å². The van der Waals surface area contributed by atoms with Gasteiger partial charge in [-0.3, -0.25) is 9.59 Å². The van der Waals surface area contributed by atoms with Crippen molar-refractivity contribution in [1.29, 1.82) is 0 Å². The van der Waals surface area contributed by atoms with Crippen molar-refractivity contribution in [3.8, 4) is 0 Å². The minimum absolute atomic E-state index is 0.167. The fourth-order valence-electron chi connectivity index (χ4n) is 3.02. The second kappa shape index (κ2) is 24.7. The predicted molar refractivity (Wildman–Crippen MR) is 132 cm³/mol. The third-order valence-electron chi connectivity index (χ3n) is 4.83. The zero-order chi connectivity index (χ0) is 25.3. The Hall–Kier alpha value is -1.40. The summed E-state index contributed by atoms with van der Waals surface area (Å²) in [6, 6.07) is -1.36. The molecule has 0 saturated heterocycles. The fourth-order valence-corrected chi connectivity index (χ4v) is 3.24. The maximum Gasteiger partial charge on any atom is 0.326 e. The standard InChI is InChI=1S/C23H44N2O8S/c24-21(26)18-20(23(28)29)25-22(27)19-33-16-15-32-14-13-31-12-11-30-10-8-6-4-2-1-3-5-7-9-17-34/h20,34H,1-19H2,(H2,24,26)(H,25,27)(H,28,29)/t20-/m0/s1. The van der Waals surface area contributed by atoms with Gasteiger partial charge in [0.2, 0.25) is 11.8 Å². The summed E-state index contributed by atoms with van der Waals surface area (Å²) in [5.41, 5.74) is 4.94. The van der Waals surface area contributed by atoms with Gasteiger partial charge in [-0.1, -0.05) is 44.9 Å². The molecule has 0 unspecified atom stereocenters. The lowest BCUT2D eigenvalue weighted by atomic mass is 10.1. The molecular weight excluding hydrogens is 464 g/mol. The second-order valence-electron chi connectivity index (χ2n) is 7.92. The van der Waals surface area contributed by atoms with Gasteiger partial charge in [-0.25, -0.2) is 4.79 Å². The lowest BCUT2D eigenvalue weighted by molar-refractivity contribution is -0.144. The zero-order valence-electron chi connectivity index (χ0n) is 20.3. The normalized spacial score (nSPS) is 11.9. The van der Waals surface area contributed by atoms with E-state index in [-0.39, 0.29) is 19.8 Å². The van der Waals surface area contributed by atoms with Gasteiger partial charge in [-0.15, -0.1) is 0 Å². The molecule has 0 aliphatic carbocycles. The maximum atomic E-state index is 11.6. The molecule has 10 nitrogen and oxygen atoms in total. The van der Waals surface area contributed by atoms with Gasteiger partial charge in [0.15, 0.2) is 0 Å². The van der Waals surface area contributed by atoms with Crippen LogP contribution in [0.4, 0.5) is 0 Å². The number of rotatable bonds is 26. The number of carboxylic acids is 1. The van der Waals surface area contributed by atoms with E-state index in [0.717, 1.165) is 18.8 Å². The van der Waals surface area contributed by atoms with Crippen molar-refractivity contribution < 1.29 is 38.4 Å². The average Bonchev–Trinajstić information content (AvgIpc) is 2.79. The lowest BCUT2D eigenvalue weighted by Crippen LogP contribution is -2.44. The molecule has 1 atom stereocenters. The van der Waals surface area contributed by atoms with Crippen LogP contribution in [0, 0.1) is 0 Å². The molecule has 2 amide bonds. The molecule has 0 aliphatic rings. The van der Waals surface area contributed by atoms with Crippen LogP contribution in [0.5, 0.6) is 0 Å². The molecular formula is C23H44N2O8S. The summed E-state index contributed by atoms with van der Waals surface area (Å²) in [4.78, 5) is 33.3. The molecule has 0 rings (SSSR count). The summed E-state index contributed by atoms with van der Waals surface area (Å²) in [5.74, 6) is -1.80. The van der Waals surface area contributed by atoms with E-state index in [9.17, 15) is 14.4 Å². The van der Waals surface area contributed by atoms with Crippen LogP contribution in [-0.2, 0) is 33.3 Å². The Kier molecular flexibility index (Phi) is 23.7. The van der Waals surface area contributed by atoms with Crippen LogP contribution in [0.15, 0.2) is 0 Å². The van der Waals surface area contributed by atoms with Gasteiger partial charge in [0.05, 0.1) is 46.1 Å². The van der Waals surface area contributed by atoms with Crippen molar-refractivity contribution in [1.82, 2.24) is 5.32 Å². The SMILES string of the molecule is NC(=O)C[C@H](NC(=O)COCCOCCOCCOCCCCCCCCCCCS)C(=O)O. The number of carboxylic acid groups (broad SMARTS) is 1. The highest BCUT2D eigenvalue weighted by atomic mass is 32.1. The number of primary amides is 1. The van der Waals surface area contributed by atoms with E-state index in [2.05, 4.69) is 17.9 Å². The summed E-state index contributed by atoms with van der Waals surface area (Å²) in [5, 5.41) is 11.1. The highest BCUT2D eigenvalue weighted by Gasteiger charge is 2.21. The number of unbranched alkanes of at least 4 members (excludes halogenated alkanes) is 8. The molecule has 0 saturated carbocycles. The van der Waals surface area contributed by atoms with Crippen LogP contribution in [0.1, 0.15) is 64.2 Å². The van der Waals surface area contributed by atoms with Crippen LogP contribution in [0.3, 0.4) is 0 Å². The van der Waals surface area contributed by atoms with E-state index in [1.165, 1.54) is 51.4 Å². The first-order valence-corrected chi connectivity index (χ1v) is 12.8. The number of carbonyl (C=O) groups is 3. The van der Waals surface area contributed by atoms with Crippen molar-refractivity contribution in [2.24, 2.45) is 5.73 Å². The summed E-state index contributed by atoms with van der Waals surface area (Å²) >= 11 is 4.22. The molecule has 0 fully saturated rings. The summed E-state index contributed by atoms with van der Waals surface area (Å²) in [6.07, 6.45) is 10.9. The predicted octanol–water partition coefficient (Wildman–Crippen LogP) is 1.94. The van der Waals surface area contributed by atoms with Gasteiger partial charge >= 0.3 is 5.97 Å². The first-order valence-electron chi connectivity index (χ1n) is 12.2.